The van der Waals surface area contributed by atoms with Crippen molar-refractivity contribution < 1.29 is 13.2 Å². The fraction of sp³-hybridized carbons (Fsp3) is 0.458. The van der Waals surface area contributed by atoms with Gasteiger partial charge in [-0.05, 0) is 86.3 Å². The second-order valence-corrected chi connectivity index (χ2v) is 10.2. The van der Waals surface area contributed by atoms with Gasteiger partial charge in [-0.25, -0.2) is 8.42 Å². The lowest BCUT2D eigenvalue weighted by molar-refractivity contribution is 0.205. The van der Waals surface area contributed by atoms with E-state index in [0.29, 0.717) is 31.7 Å². The summed E-state index contributed by atoms with van der Waals surface area (Å²) in [6.45, 7) is 4.92. The minimum atomic E-state index is -3.60. The van der Waals surface area contributed by atoms with Crippen LogP contribution in [-0.2, 0) is 23.0 Å². The van der Waals surface area contributed by atoms with Crippen LogP contribution in [0.3, 0.4) is 0 Å². The molecule has 2 aromatic carbocycles. The van der Waals surface area contributed by atoms with Crippen molar-refractivity contribution in [3.8, 4) is 11.8 Å². The Kier molecular flexibility index (Phi) is 6.91. The zero-order valence-electron chi connectivity index (χ0n) is 17.8. The number of hydrogen-bond acceptors (Lipinski definition) is 5. The molecular formula is C24H29N3O3S. The van der Waals surface area contributed by atoms with Gasteiger partial charge in [0.25, 0.3) is 0 Å². The standard InChI is InChI=1S/C24H29N3O3S/c25-18-20-5-9-24(10-6-20)31(28,29)27-15-11-21-7-8-23(17-22(21)19-27)30-16-4-14-26-12-2-1-3-13-26/h5-10,17H,1-4,11-16,19H2. The summed E-state index contributed by atoms with van der Waals surface area (Å²) in [6.07, 6.45) is 5.62. The minimum absolute atomic E-state index is 0.222. The molecule has 0 bridgehead atoms. The molecule has 7 heteroatoms. The summed E-state index contributed by atoms with van der Waals surface area (Å²) in [4.78, 5) is 2.73. The maximum absolute atomic E-state index is 13.0. The van der Waals surface area contributed by atoms with Crippen LogP contribution >= 0.6 is 0 Å². The summed E-state index contributed by atoms with van der Waals surface area (Å²) in [6, 6.07) is 14.1. The zero-order chi connectivity index (χ0) is 21.7. The van der Waals surface area contributed by atoms with Crippen molar-refractivity contribution in [2.24, 2.45) is 0 Å². The number of rotatable bonds is 7. The number of ether oxygens (including phenoxy) is 1. The number of nitrogens with zero attached hydrogens (tertiary/aromatic N) is 3. The third-order valence-corrected chi connectivity index (χ3v) is 7.97. The van der Waals surface area contributed by atoms with Gasteiger partial charge in [0.2, 0.25) is 10.0 Å². The van der Waals surface area contributed by atoms with Gasteiger partial charge in [-0.2, -0.15) is 9.57 Å². The molecule has 4 rings (SSSR count). The van der Waals surface area contributed by atoms with Crippen LogP contribution in [0.1, 0.15) is 42.4 Å². The molecule has 0 N–H and O–H groups in total. The Hall–Kier alpha value is -2.40. The van der Waals surface area contributed by atoms with Crippen LogP contribution in [0.15, 0.2) is 47.4 Å². The first-order valence-corrected chi connectivity index (χ1v) is 12.5. The van der Waals surface area contributed by atoms with E-state index in [4.69, 9.17) is 10.00 Å². The van der Waals surface area contributed by atoms with Gasteiger partial charge in [-0.15, -0.1) is 0 Å². The molecule has 1 fully saturated rings. The van der Waals surface area contributed by atoms with Crippen molar-refractivity contribution >= 4 is 10.0 Å². The second-order valence-electron chi connectivity index (χ2n) is 8.26. The van der Waals surface area contributed by atoms with Crippen LogP contribution < -0.4 is 4.74 Å². The van der Waals surface area contributed by atoms with Crippen LogP contribution in [0.2, 0.25) is 0 Å². The summed E-state index contributed by atoms with van der Waals surface area (Å²) < 4.78 is 33.6. The summed E-state index contributed by atoms with van der Waals surface area (Å²) >= 11 is 0. The number of nitriles is 1. The Morgan fingerprint density at radius 1 is 0.968 bits per heavy atom. The van der Waals surface area contributed by atoms with Gasteiger partial charge in [-0.1, -0.05) is 12.5 Å². The first-order chi connectivity index (χ1) is 15.1. The normalized spacial score (nSPS) is 17.6. The number of piperidine rings is 1. The smallest absolute Gasteiger partial charge is 0.243 e. The van der Waals surface area contributed by atoms with Crippen molar-refractivity contribution in [3.05, 3.63) is 59.2 Å². The highest BCUT2D eigenvalue weighted by molar-refractivity contribution is 7.89. The van der Waals surface area contributed by atoms with E-state index in [1.165, 1.54) is 54.4 Å². The summed E-state index contributed by atoms with van der Waals surface area (Å²) in [5.74, 6) is 0.801. The first kappa shape index (κ1) is 21.8. The molecule has 0 aromatic heterocycles. The molecule has 164 valence electrons. The molecule has 1 saturated heterocycles. The molecule has 0 unspecified atom stereocenters. The van der Waals surface area contributed by atoms with Crippen molar-refractivity contribution in [2.75, 3.05) is 32.8 Å². The average molecular weight is 440 g/mol. The lowest BCUT2D eigenvalue weighted by Gasteiger charge is -2.28. The van der Waals surface area contributed by atoms with Crippen LogP contribution in [0, 0.1) is 11.3 Å². The van der Waals surface area contributed by atoms with Crippen molar-refractivity contribution in [2.45, 2.75) is 43.5 Å². The van der Waals surface area contributed by atoms with E-state index < -0.39 is 10.0 Å². The Bertz CT molecular complexity index is 1040. The van der Waals surface area contributed by atoms with Crippen LogP contribution in [0.25, 0.3) is 0 Å². The molecule has 0 spiro atoms. The first-order valence-electron chi connectivity index (χ1n) is 11.0. The summed E-state index contributed by atoms with van der Waals surface area (Å²) in [5, 5.41) is 8.93. The predicted octanol–water partition coefficient (Wildman–Crippen LogP) is 3.56. The average Bonchev–Trinajstić information content (AvgIpc) is 2.82. The Labute approximate surface area is 185 Å². The number of sulfonamides is 1. The topological polar surface area (TPSA) is 73.6 Å². The molecular weight excluding hydrogens is 410 g/mol. The van der Waals surface area contributed by atoms with E-state index in [1.807, 2.05) is 18.2 Å². The number of benzene rings is 2. The highest BCUT2D eigenvalue weighted by atomic mass is 32.2. The van der Waals surface area contributed by atoms with Gasteiger partial charge < -0.3 is 9.64 Å². The van der Waals surface area contributed by atoms with E-state index in [0.717, 1.165) is 24.3 Å². The molecule has 2 aliphatic rings. The quantitative estimate of drug-likeness (QED) is 0.617. The van der Waals surface area contributed by atoms with Crippen LogP contribution in [-0.4, -0.2) is 50.4 Å². The zero-order valence-corrected chi connectivity index (χ0v) is 18.6. The number of fused-ring (bicyclic) bond motifs is 1. The lowest BCUT2D eigenvalue weighted by atomic mass is 10.0. The molecule has 2 aliphatic heterocycles. The Morgan fingerprint density at radius 2 is 1.74 bits per heavy atom. The van der Waals surface area contributed by atoms with E-state index >= 15 is 0 Å². The molecule has 31 heavy (non-hydrogen) atoms. The molecule has 0 aliphatic carbocycles. The fourth-order valence-corrected chi connectivity index (χ4v) is 5.73. The maximum atomic E-state index is 13.0. The summed E-state index contributed by atoms with van der Waals surface area (Å²) in [5.41, 5.74) is 2.62. The van der Waals surface area contributed by atoms with E-state index in [1.54, 1.807) is 12.1 Å². The van der Waals surface area contributed by atoms with Crippen molar-refractivity contribution in [3.63, 3.8) is 0 Å². The van der Waals surface area contributed by atoms with Crippen molar-refractivity contribution in [1.29, 1.82) is 5.26 Å². The van der Waals surface area contributed by atoms with Crippen molar-refractivity contribution in [1.82, 2.24) is 9.21 Å². The predicted molar refractivity (Wildman–Crippen MR) is 119 cm³/mol. The number of hydrogen-bond donors (Lipinski definition) is 0. The van der Waals surface area contributed by atoms with E-state index in [2.05, 4.69) is 11.0 Å². The summed E-state index contributed by atoms with van der Waals surface area (Å²) in [7, 11) is -3.60. The number of likely N-dealkylation sites (tertiary alicyclic amines) is 1. The Morgan fingerprint density at radius 3 is 2.48 bits per heavy atom. The van der Waals surface area contributed by atoms with Gasteiger partial charge >= 0.3 is 0 Å². The highest BCUT2D eigenvalue weighted by Crippen LogP contribution is 2.28. The fourth-order valence-electron chi connectivity index (χ4n) is 4.31. The second kappa shape index (κ2) is 9.82. The third kappa shape index (κ3) is 5.27. The lowest BCUT2D eigenvalue weighted by Crippen LogP contribution is -2.36. The van der Waals surface area contributed by atoms with Gasteiger partial charge in [0, 0.05) is 19.6 Å². The van der Waals surface area contributed by atoms with Gasteiger partial charge in [0.1, 0.15) is 5.75 Å². The van der Waals surface area contributed by atoms with Crippen LogP contribution in [0.5, 0.6) is 5.75 Å². The SMILES string of the molecule is N#Cc1ccc(S(=O)(=O)N2CCc3ccc(OCCCN4CCCCC4)cc3C2)cc1. The van der Waals surface area contributed by atoms with Gasteiger partial charge in [0.15, 0.2) is 0 Å². The highest BCUT2D eigenvalue weighted by Gasteiger charge is 2.28. The molecule has 0 radical (unpaired) electrons. The molecule has 0 atom stereocenters. The molecule has 0 amide bonds. The molecule has 2 aromatic rings. The monoisotopic (exact) mass is 439 g/mol. The maximum Gasteiger partial charge on any atom is 0.243 e. The molecule has 0 saturated carbocycles. The Balaban J connectivity index is 1.37. The third-order valence-electron chi connectivity index (χ3n) is 6.11. The minimum Gasteiger partial charge on any atom is -0.494 e. The molecule has 6 nitrogen and oxygen atoms in total. The van der Waals surface area contributed by atoms with Gasteiger partial charge in [0.05, 0.1) is 23.1 Å². The van der Waals surface area contributed by atoms with Crippen LogP contribution in [0.4, 0.5) is 0 Å². The van der Waals surface area contributed by atoms with E-state index in [-0.39, 0.29) is 4.90 Å². The van der Waals surface area contributed by atoms with E-state index in [9.17, 15) is 8.42 Å². The largest absolute Gasteiger partial charge is 0.494 e. The molecule has 2 heterocycles. The van der Waals surface area contributed by atoms with Gasteiger partial charge in [-0.3, -0.25) is 0 Å².